The van der Waals surface area contributed by atoms with E-state index in [-0.39, 0.29) is 0 Å². The van der Waals surface area contributed by atoms with Crippen molar-refractivity contribution in [2.24, 2.45) is 0 Å². The number of rotatable bonds is 0. The molecule has 0 saturated heterocycles. The second-order valence-electron chi connectivity index (χ2n) is 2.72. The molecule has 0 saturated carbocycles. The van der Waals surface area contributed by atoms with Gasteiger partial charge < -0.3 is 5.32 Å². The van der Waals surface area contributed by atoms with Gasteiger partial charge in [-0.1, -0.05) is 6.92 Å². The SMILES string of the molecule is CC1CNc2nc(Cl)ncc21. The molecule has 0 bridgehead atoms. The van der Waals surface area contributed by atoms with Crippen LogP contribution in [0.25, 0.3) is 0 Å². The van der Waals surface area contributed by atoms with Gasteiger partial charge in [-0.15, -0.1) is 0 Å². The number of anilines is 1. The van der Waals surface area contributed by atoms with Crippen LogP contribution in [0.3, 0.4) is 0 Å². The first-order chi connectivity index (χ1) is 5.27. The molecular formula is C7H8ClN3. The van der Waals surface area contributed by atoms with Crippen molar-refractivity contribution < 1.29 is 0 Å². The van der Waals surface area contributed by atoms with Crippen LogP contribution in [0.1, 0.15) is 18.4 Å². The van der Waals surface area contributed by atoms with Gasteiger partial charge in [0.2, 0.25) is 5.28 Å². The molecule has 0 aliphatic carbocycles. The van der Waals surface area contributed by atoms with Crippen molar-refractivity contribution in [1.82, 2.24) is 9.97 Å². The van der Waals surface area contributed by atoms with Gasteiger partial charge in [0.25, 0.3) is 0 Å². The zero-order chi connectivity index (χ0) is 7.84. The third-order valence-corrected chi connectivity index (χ3v) is 2.08. The minimum Gasteiger partial charge on any atom is -0.369 e. The van der Waals surface area contributed by atoms with Crippen molar-refractivity contribution in [2.75, 3.05) is 11.9 Å². The predicted molar refractivity (Wildman–Crippen MR) is 43.9 cm³/mol. The second-order valence-corrected chi connectivity index (χ2v) is 3.06. The molecule has 11 heavy (non-hydrogen) atoms. The Morgan fingerprint density at radius 2 is 2.55 bits per heavy atom. The standard InChI is InChI=1S/C7H8ClN3/c1-4-2-9-6-5(4)3-10-7(8)11-6/h3-4H,2H2,1H3,(H,9,10,11). The molecule has 1 aromatic rings. The highest BCUT2D eigenvalue weighted by atomic mass is 35.5. The summed E-state index contributed by atoms with van der Waals surface area (Å²) in [6, 6.07) is 0. The zero-order valence-corrected chi connectivity index (χ0v) is 6.89. The molecular weight excluding hydrogens is 162 g/mol. The first-order valence-corrected chi connectivity index (χ1v) is 3.91. The van der Waals surface area contributed by atoms with E-state index in [9.17, 15) is 0 Å². The summed E-state index contributed by atoms with van der Waals surface area (Å²) in [5, 5.41) is 3.47. The van der Waals surface area contributed by atoms with Crippen LogP contribution < -0.4 is 5.32 Å². The second kappa shape index (κ2) is 2.34. The lowest BCUT2D eigenvalue weighted by atomic mass is 10.1. The summed E-state index contributed by atoms with van der Waals surface area (Å²) in [5.74, 6) is 1.39. The van der Waals surface area contributed by atoms with Crippen LogP contribution in [-0.4, -0.2) is 16.5 Å². The van der Waals surface area contributed by atoms with E-state index >= 15 is 0 Å². The monoisotopic (exact) mass is 169 g/mol. The van der Waals surface area contributed by atoms with Crippen LogP contribution in [0, 0.1) is 0 Å². The summed E-state index contributed by atoms with van der Waals surface area (Å²) in [5.41, 5.74) is 1.16. The summed E-state index contributed by atoms with van der Waals surface area (Å²) < 4.78 is 0. The Hall–Kier alpha value is -0.830. The average Bonchev–Trinajstić information content (AvgIpc) is 2.32. The van der Waals surface area contributed by atoms with Crippen molar-refractivity contribution in [3.8, 4) is 0 Å². The first-order valence-electron chi connectivity index (χ1n) is 3.53. The maximum absolute atomic E-state index is 5.61. The Morgan fingerprint density at radius 3 is 3.36 bits per heavy atom. The van der Waals surface area contributed by atoms with Crippen LogP contribution in [-0.2, 0) is 0 Å². The molecule has 0 radical (unpaired) electrons. The maximum Gasteiger partial charge on any atom is 0.224 e. The lowest BCUT2D eigenvalue weighted by Crippen LogP contribution is -1.96. The van der Waals surface area contributed by atoms with Gasteiger partial charge in [-0.25, -0.2) is 9.97 Å². The fourth-order valence-corrected chi connectivity index (χ4v) is 1.36. The molecule has 3 nitrogen and oxygen atoms in total. The summed E-state index contributed by atoms with van der Waals surface area (Å²) >= 11 is 5.61. The molecule has 1 aromatic heterocycles. The molecule has 1 N–H and O–H groups in total. The largest absolute Gasteiger partial charge is 0.369 e. The van der Waals surface area contributed by atoms with Gasteiger partial charge >= 0.3 is 0 Å². The van der Waals surface area contributed by atoms with E-state index < -0.39 is 0 Å². The highest BCUT2D eigenvalue weighted by Crippen LogP contribution is 2.28. The van der Waals surface area contributed by atoms with Crippen molar-refractivity contribution in [3.05, 3.63) is 17.0 Å². The molecule has 1 aliphatic heterocycles. The quantitative estimate of drug-likeness (QED) is 0.601. The van der Waals surface area contributed by atoms with Crippen LogP contribution in [0.5, 0.6) is 0 Å². The van der Waals surface area contributed by atoms with E-state index in [1.807, 2.05) is 0 Å². The number of fused-ring (bicyclic) bond motifs is 1. The van der Waals surface area contributed by atoms with Gasteiger partial charge in [-0.3, -0.25) is 0 Å². The zero-order valence-electron chi connectivity index (χ0n) is 6.13. The van der Waals surface area contributed by atoms with Crippen LogP contribution in [0.4, 0.5) is 5.82 Å². The van der Waals surface area contributed by atoms with E-state index in [4.69, 9.17) is 11.6 Å². The number of nitrogens with zero attached hydrogens (tertiary/aromatic N) is 2. The van der Waals surface area contributed by atoms with Crippen molar-refractivity contribution in [1.29, 1.82) is 0 Å². The van der Waals surface area contributed by atoms with E-state index in [2.05, 4.69) is 22.2 Å². The molecule has 0 amide bonds. The molecule has 0 aromatic carbocycles. The van der Waals surface area contributed by atoms with E-state index in [1.165, 1.54) is 0 Å². The van der Waals surface area contributed by atoms with Crippen molar-refractivity contribution in [2.45, 2.75) is 12.8 Å². The van der Waals surface area contributed by atoms with Crippen LogP contribution in [0.2, 0.25) is 5.28 Å². The summed E-state index contributed by atoms with van der Waals surface area (Å²) in [7, 11) is 0. The van der Waals surface area contributed by atoms with Crippen LogP contribution >= 0.6 is 11.6 Å². The third-order valence-electron chi connectivity index (χ3n) is 1.89. The molecule has 0 fully saturated rings. The Morgan fingerprint density at radius 1 is 1.73 bits per heavy atom. The average molecular weight is 170 g/mol. The van der Waals surface area contributed by atoms with Gasteiger partial charge in [-0.05, 0) is 11.6 Å². The molecule has 2 heterocycles. The minimum absolute atomic E-state index is 0.311. The predicted octanol–water partition coefficient (Wildman–Crippen LogP) is 1.66. The fraction of sp³-hybridized carbons (Fsp3) is 0.429. The van der Waals surface area contributed by atoms with Gasteiger partial charge in [0.1, 0.15) is 5.82 Å². The number of hydrogen-bond donors (Lipinski definition) is 1. The summed E-state index contributed by atoms with van der Waals surface area (Å²) in [4.78, 5) is 7.96. The Labute approximate surface area is 69.8 Å². The Bertz CT molecular complexity index is 287. The normalized spacial score (nSPS) is 21.1. The lowest BCUT2D eigenvalue weighted by Gasteiger charge is -1.98. The van der Waals surface area contributed by atoms with Gasteiger partial charge in [0, 0.05) is 24.2 Å². The lowest BCUT2D eigenvalue weighted by molar-refractivity contribution is 0.848. The molecule has 1 aliphatic rings. The number of hydrogen-bond acceptors (Lipinski definition) is 3. The van der Waals surface area contributed by atoms with Crippen LogP contribution in [0.15, 0.2) is 6.20 Å². The molecule has 1 unspecified atom stereocenters. The molecule has 58 valence electrons. The highest BCUT2D eigenvalue weighted by Gasteiger charge is 2.19. The minimum atomic E-state index is 0.311. The van der Waals surface area contributed by atoms with Gasteiger partial charge in [0.05, 0.1) is 0 Å². The third kappa shape index (κ3) is 1.05. The van der Waals surface area contributed by atoms with Gasteiger partial charge in [0.15, 0.2) is 0 Å². The fourth-order valence-electron chi connectivity index (χ4n) is 1.23. The summed E-state index contributed by atoms with van der Waals surface area (Å²) in [6.45, 7) is 3.07. The first kappa shape index (κ1) is 6.85. The molecule has 0 spiro atoms. The van der Waals surface area contributed by atoms with Crippen molar-refractivity contribution in [3.63, 3.8) is 0 Å². The van der Waals surface area contributed by atoms with Gasteiger partial charge in [-0.2, -0.15) is 0 Å². The summed E-state index contributed by atoms with van der Waals surface area (Å²) in [6.07, 6.45) is 1.79. The molecule has 1 atom stereocenters. The maximum atomic E-state index is 5.61. The molecule has 2 rings (SSSR count). The molecule has 4 heteroatoms. The number of aromatic nitrogens is 2. The van der Waals surface area contributed by atoms with E-state index in [0.717, 1.165) is 17.9 Å². The number of nitrogens with one attached hydrogen (secondary N) is 1. The Kier molecular flexibility index (Phi) is 1.46. The van der Waals surface area contributed by atoms with Crippen molar-refractivity contribution >= 4 is 17.4 Å². The van der Waals surface area contributed by atoms with E-state index in [0.29, 0.717) is 11.2 Å². The van der Waals surface area contributed by atoms with E-state index in [1.54, 1.807) is 6.20 Å². The smallest absolute Gasteiger partial charge is 0.224 e. The Balaban J connectivity index is 2.50. The topological polar surface area (TPSA) is 37.8 Å². The number of halogens is 1. The highest BCUT2D eigenvalue weighted by molar-refractivity contribution is 6.28.